The summed E-state index contributed by atoms with van der Waals surface area (Å²) in [5.41, 5.74) is 3.33. The number of carbonyl (C=O) groups is 2. The number of ether oxygens (including phenoxy) is 2. The molecule has 1 aliphatic rings. The van der Waals surface area contributed by atoms with Crippen molar-refractivity contribution < 1.29 is 24.2 Å². The quantitative estimate of drug-likeness (QED) is 0.788. The van der Waals surface area contributed by atoms with Crippen molar-refractivity contribution in [1.82, 2.24) is 9.80 Å². The van der Waals surface area contributed by atoms with Crippen molar-refractivity contribution >= 4 is 12.0 Å². The molecule has 32 heavy (non-hydrogen) atoms. The summed E-state index contributed by atoms with van der Waals surface area (Å²) < 4.78 is 11.2. The van der Waals surface area contributed by atoms with Crippen LogP contribution in [-0.2, 0) is 16.1 Å². The molecular weight excluding hydrogens is 408 g/mol. The molecule has 1 N–H and O–H groups in total. The van der Waals surface area contributed by atoms with Crippen molar-refractivity contribution in [2.45, 2.75) is 32.6 Å². The Labute approximate surface area is 189 Å². The second-order valence-corrected chi connectivity index (χ2v) is 8.37. The fourth-order valence-electron chi connectivity index (χ4n) is 4.05. The molecule has 3 atom stereocenters. The average Bonchev–Trinajstić information content (AvgIpc) is 2.84. The smallest absolute Gasteiger partial charge is 0.409 e. The molecule has 0 bridgehead atoms. The van der Waals surface area contributed by atoms with Gasteiger partial charge >= 0.3 is 6.09 Å². The van der Waals surface area contributed by atoms with E-state index < -0.39 is 6.09 Å². The van der Waals surface area contributed by atoms with Crippen LogP contribution in [0.1, 0.15) is 29.8 Å². The molecule has 0 fully saturated rings. The first-order valence-corrected chi connectivity index (χ1v) is 10.9. The van der Waals surface area contributed by atoms with Crippen LogP contribution in [0.25, 0.3) is 11.1 Å². The van der Waals surface area contributed by atoms with Crippen molar-refractivity contribution in [3.8, 4) is 11.1 Å². The molecule has 172 valence electrons. The summed E-state index contributed by atoms with van der Waals surface area (Å²) in [7, 11) is 3.01. The van der Waals surface area contributed by atoms with Crippen LogP contribution < -0.4 is 0 Å². The van der Waals surface area contributed by atoms with Crippen molar-refractivity contribution in [1.29, 1.82) is 0 Å². The number of methoxy groups -OCH3 is 1. The maximum absolute atomic E-state index is 13.7. The number of likely N-dealkylation sites (N-methyl/N-ethyl adjacent to an activating group) is 1. The third kappa shape index (κ3) is 5.11. The molecule has 0 saturated heterocycles. The van der Waals surface area contributed by atoms with Gasteiger partial charge in [0.1, 0.15) is 0 Å². The first-order chi connectivity index (χ1) is 15.4. The van der Waals surface area contributed by atoms with Crippen LogP contribution >= 0.6 is 0 Å². The molecule has 2 amide bonds. The van der Waals surface area contributed by atoms with Crippen molar-refractivity contribution in [2.24, 2.45) is 5.92 Å². The number of rotatable bonds is 4. The van der Waals surface area contributed by atoms with Crippen LogP contribution in [0.15, 0.2) is 48.5 Å². The summed E-state index contributed by atoms with van der Waals surface area (Å²) in [5.74, 6) is -0.233. The number of aliphatic hydroxyl groups is 1. The standard InChI is InChI=1S/C25H32N2O5/c1-17-13-27(18(2)15-28)24(29)22-12-8-7-11-21(22)20-10-6-5-9-19(20)16-32-23(17)14-26(3)25(30)31-4/h5-12,17-18,23,28H,13-16H2,1-4H3/t17-,18-,23-/m1/s1. The Kier molecular flexibility index (Phi) is 7.88. The summed E-state index contributed by atoms with van der Waals surface area (Å²) in [5, 5.41) is 9.86. The minimum atomic E-state index is -0.445. The van der Waals surface area contributed by atoms with Crippen LogP contribution in [0.4, 0.5) is 4.79 Å². The summed E-state index contributed by atoms with van der Waals surface area (Å²) in [6.07, 6.45) is -0.783. The van der Waals surface area contributed by atoms with E-state index in [1.807, 2.05) is 62.4 Å². The molecule has 2 aromatic carbocycles. The molecule has 1 aliphatic heterocycles. The molecule has 0 radical (unpaired) electrons. The molecule has 7 nitrogen and oxygen atoms in total. The highest BCUT2D eigenvalue weighted by Gasteiger charge is 2.31. The highest BCUT2D eigenvalue weighted by Crippen LogP contribution is 2.31. The van der Waals surface area contributed by atoms with Gasteiger partial charge in [-0.25, -0.2) is 4.79 Å². The van der Waals surface area contributed by atoms with Crippen LogP contribution in [-0.4, -0.2) is 72.9 Å². The Hall–Kier alpha value is -2.90. The lowest BCUT2D eigenvalue weighted by Crippen LogP contribution is -2.47. The lowest BCUT2D eigenvalue weighted by Gasteiger charge is -2.34. The molecule has 2 aromatic rings. The van der Waals surface area contributed by atoms with Crippen molar-refractivity contribution in [2.75, 3.05) is 33.9 Å². The van der Waals surface area contributed by atoms with Gasteiger partial charge in [0.25, 0.3) is 5.91 Å². The summed E-state index contributed by atoms with van der Waals surface area (Å²) in [6, 6.07) is 15.1. The zero-order chi connectivity index (χ0) is 23.3. The molecule has 0 spiro atoms. The van der Waals surface area contributed by atoms with Crippen LogP contribution in [0.5, 0.6) is 0 Å². The number of fused-ring (bicyclic) bond motifs is 3. The fraction of sp³-hybridized carbons (Fsp3) is 0.440. The van der Waals surface area contributed by atoms with E-state index in [1.165, 1.54) is 12.0 Å². The van der Waals surface area contributed by atoms with Crippen LogP contribution in [0.3, 0.4) is 0 Å². The average molecular weight is 441 g/mol. The molecule has 3 rings (SSSR count). The first-order valence-electron chi connectivity index (χ1n) is 10.9. The van der Waals surface area contributed by atoms with E-state index in [4.69, 9.17) is 9.47 Å². The monoisotopic (exact) mass is 440 g/mol. The van der Waals surface area contributed by atoms with Gasteiger partial charge in [-0.15, -0.1) is 0 Å². The van der Waals surface area contributed by atoms with E-state index in [-0.39, 0.29) is 30.6 Å². The number of benzene rings is 2. The highest BCUT2D eigenvalue weighted by molar-refractivity contribution is 6.01. The van der Waals surface area contributed by atoms with Crippen molar-refractivity contribution in [3.05, 3.63) is 59.7 Å². The van der Waals surface area contributed by atoms with E-state index in [2.05, 4.69) is 0 Å². The fourth-order valence-corrected chi connectivity index (χ4v) is 4.05. The Morgan fingerprint density at radius 3 is 2.47 bits per heavy atom. The lowest BCUT2D eigenvalue weighted by atomic mass is 9.94. The van der Waals surface area contributed by atoms with Gasteiger partial charge in [-0.3, -0.25) is 4.79 Å². The minimum absolute atomic E-state index is 0.0996. The number of nitrogens with zero attached hydrogens (tertiary/aromatic N) is 2. The topological polar surface area (TPSA) is 79.3 Å². The Morgan fingerprint density at radius 2 is 1.81 bits per heavy atom. The van der Waals surface area contributed by atoms with Gasteiger partial charge in [0.15, 0.2) is 0 Å². The molecule has 0 aromatic heterocycles. The number of amides is 2. The van der Waals surface area contributed by atoms with Crippen LogP contribution in [0.2, 0.25) is 0 Å². The predicted molar refractivity (Wildman–Crippen MR) is 122 cm³/mol. The molecular formula is C25H32N2O5. The first kappa shape index (κ1) is 23.8. The second-order valence-electron chi connectivity index (χ2n) is 8.37. The Balaban J connectivity index is 2.08. The van der Waals surface area contributed by atoms with Gasteiger partial charge in [0, 0.05) is 25.1 Å². The number of hydrogen-bond donors (Lipinski definition) is 1. The Morgan fingerprint density at radius 1 is 1.19 bits per heavy atom. The molecule has 0 aliphatic carbocycles. The number of carbonyl (C=O) groups excluding carboxylic acids is 2. The maximum Gasteiger partial charge on any atom is 0.409 e. The van der Waals surface area contributed by atoms with E-state index in [9.17, 15) is 14.7 Å². The van der Waals surface area contributed by atoms with Gasteiger partial charge in [0.05, 0.1) is 39.0 Å². The van der Waals surface area contributed by atoms with E-state index in [1.54, 1.807) is 11.9 Å². The third-order valence-corrected chi connectivity index (χ3v) is 6.03. The van der Waals surface area contributed by atoms with Gasteiger partial charge in [-0.05, 0) is 29.7 Å². The molecule has 0 unspecified atom stereocenters. The summed E-state index contributed by atoms with van der Waals surface area (Å²) in [4.78, 5) is 28.9. The number of hydrogen-bond acceptors (Lipinski definition) is 5. The van der Waals surface area contributed by atoms with E-state index >= 15 is 0 Å². The third-order valence-electron chi connectivity index (χ3n) is 6.03. The SMILES string of the molecule is COC(=O)N(C)C[C@H]1OCc2ccccc2-c2ccccc2C(=O)N([C@H](C)CO)C[C@H]1C. The largest absolute Gasteiger partial charge is 0.453 e. The second kappa shape index (κ2) is 10.6. The normalized spacial score (nSPS) is 19.9. The van der Waals surface area contributed by atoms with E-state index in [0.717, 1.165) is 16.7 Å². The lowest BCUT2D eigenvalue weighted by molar-refractivity contribution is -0.0219. The molecule has 7 heteroatoms. The van der Waals surface area contributed by atoms with Gasteiger partial charge in [0.2, 0.25) is 0 Å². The van der Waals surface area contributed by atoms with Gasteiger partial charge in [-0.2, -0.15) is 0 Å². The molecule has 0 saturated carbocycles. The number of aliphatic hydroxyl groups excluding tert-OH is 1. The summed E-state index contributed by atoms with van der Waals surface area (Å²) in [6.45, 7) is 4.72. The predicted octanol–water partition coefficient (Wildman–Crippen LogP) is 3.41. The molecule has 1 heterocycles. The van der Waals surface area contributed by atoms with Gasteiger partial charge < -0.3 is 24.4 Å². The van der Waals surface area contributed by atoms with Gasteiger partial charge in [-0.1, -0.05) is 49.4 Å². The highest BCUT2D eigenvalue weighted by atomic mass is 16.5. The Bertz CT molecular complexity index is 947. The zero-order valence-corrected chi connectivity index (χ0v) is 19.2. The van der Waals surface area contributed by atoms with E-state index in [0.29, 0.717) is 25.3 Å². The minimum Gasteiger partial charge on any atom is -0.453 e. The van der Waals surface area contributed by atoms with Crippen LogP contribution in [0, 0.1) is 5.92 Å². The maximum atomic E-state index is 13.7. The summed E-state index contributed by atoms with van der Waals surface area (Å²) >= 11 is 0. The van der Waals surface area contributed by atoms with Crippen molar-refractivity contribution in [3.63, 3.8) is 0 Å². The zero-order valence-electron chi connectivity index (χ0n) is 19.2.